The Kier molecular flexibility index (Phi) is 4.83. The van der Waals surface area contributed by atoms with E-state index in [1.165, 1.54) is 30.5 Å². The number of hydrogen-bond donors (Lipinski definition) is 1. The molecule has 3 aromatic rings. The van der Waals surface area contributed by atoms with Gasteiger partial charge in [0.05, 0.1) is 11.8 Å². The van der Waals surface area contributed by atoms with Crippen molar-refractivity contribution in [1.82, 2.24) is 4.98 Å². The van der Waals surface area contributed by atoms with Gasteiger partial charge in [0, 0.05) is 24.6 Å². The molecule has 3 rings (SSSR count). The molecule has 4 nitrogen and oxygen atoms in total. The van der Waals surface area contributed by atoms with Crippen molar-refractivity contribution in [1.29, 1.82) is 0 Å². The first-order valence-corrected chi connectivity index (χ1v) is 7.47. The molecule has 7 heteroatoms. The summed E-state index contributed by atoms with van der Waals surface area (Å²) in [7, 11) is 0. The first-order valence-electron chi connectivity index (χ1n) is 7.47. The van der Waals surface area contributed by atoms with Crippen LogP contribution < -0.4 is 5.32 Å². The minimum Gasteiger partial charge on any atom is -0.441 e. The standard InChI is InChI=1S/C18H13F3N2O2/c19-11-2-1-3-13(8-11)23-17(24)6-7-18-22-10-16(25-18)14-5-4-12(20)9-15(14)21/h1-5,8-10H,6-7H2,(H,23,24). The second kappa shape index (κ2) is 7.21. The Morgan fingerprint density at radius 3 is 2.64 bits per heavy atom. The second-order valence-corrected chi connectivity index (χ2v) is 5.30. The molecule has 1 heterocycles. The average molecular weight is 346 g/mol. The lowest BCUT2D eigenvalue weighted by molar-refractivity contribution is -0.116. The number of rotatable bonds is 5. The van der Waals surface area contributed by atoms with E-state index >= 15 is 0 Å². The number of anilines is 1. The molecule has 0 spiro atoms. The van der Waals surface area contributed by atoms with Crippen LogP contribution in [0.15, 0.2) is 53.1 Å². The summed E-state index contributed by atoms with van der Waals surface area (Å²) in [5.74, 6) is -1.83. The van der Waals surface area contributed by atoms with E-state index in [9.17, 15) is 18.0 Å². The topological polar surface area (TPSA) is 55.1 Å². The summed E-state index contributed by atoms with van der Waals surface area (Å²) in [5, 5.41) is 2.56. The number of nitrogens with one attached hydrogen (secondary N) is 1. The third-order valence-electron chi connectivity index (χ3n) is 3.42. The molecule has 0 radical (unpaired) electrons. The molecule has 1 aromatic heterocycles. The second-order valence-electron chi connectivity index (χ2n) is 5.30. The van der Waals surface area contributed by atoms with Crippen LogP contribution in [0, 0.1) is 17.5 Å². The lowest BCUT2D eigenvalue weighted by Crippen LogP contribution is -2.12. The van der Waals surface area contributed by atoms with Gasteiger partial charge in [0.1, 0.15) is 17.5 Å². The first kappa shape index (κ1) is 16.8. The van der Waals surface area contributed by atoms with Crippen LogP contribution >= 0.6 is 0 Å². The molecule has 128 valence electrons. The van der Waals surface area contributed by atoms with Crippen LogP contribution in [0.25, 0.3) is 11.3 Å². The number of carbonyl (C=O) groups is 1. The Morgan fingerprint density at radius 2 is 1.88 bits per heavy atom. The van der Waals surface area contributed by atoms with Crippen molar-refractivity contribution in [2.75, 3.05) is 5.32 Å². The van der Waals surface area contributed by atoms with E-state index < -0.39 is 17.5 Å². The zero-order valence-electron chi connectivity index (χ0n) is 12.9. The predicted molar refractivity (Wildman–Crippen MR) is 85.2 cm³/mol. The van der Waals surface area contributed by atoms with Gasteiger partial charge in [-0.2, -0.15) is 0 Å². The molecule has 0 unspecified atom stereocenters. The summed E-state index contributed by atoms with van der Waals surface area (Å²) in [6.45, 7) is 0. The molecule has 0 aliphatic rings. The van der Waals surface area contributed by atoms with Crippen LogP contribution in [0.4, 0.5) is 18.9 Å². The number of hydrogen-bond acceptors (Lipinski definition) is 3. The van der Waals surface area contributed by atoms with E-state index in [-0.39, 0.29) is 36.0 Å². The number of amides is 1. The normalized spacial score (nSPS) is 10.7. The number of aromatic nitrogens is 1. The fourth-order valence-electron chi connectivity index (χ4n) is 2.25. The molecular weight excluding hydrogens is 333 g/mol. The highest BCUT2D eigenvalue weighted by molar-refractivity contribution is 5.90. The van der Waals surface area contributed by atoms with Gasteiger partial charge >= 0.3 is 0 Å². The number of halogens is 3. The molecule has 1 N–H and O–H groups in total. The maximum absolute atomic E-state index is 13.7. The van der Waals surface area contributed by atoms with Gasteiger partial charge < -0.3 is 9.73 Å². The average Bonchev–Trinajstić information content (AvgIpc) is 3.01. The summed E-state index contributed by atoms with van der Waals surface area (Å²) >= 11 is 0. The molecule has 0 aliphatic heterocycles. The molecule has 0 atom stereocenters. The van der Waals surface area contributed by atoms with Crippen molar-refractivity contribution in [2.24, 2.45) is 0 Å². The largest absolute Gasteiger partial charge is 0.441 e. The van der Waals surface area contributed by atoms with Crippen LogP contribution in [-0.4, -0.2) is 10.9 Å². The van der Waals surface area contributed by atoms with Crippen LogP contribution in [0.2, 0.25) is 0 Å². The molecule has 1 amide bonds. The monoisotopic (exact) mass is 346 g/mol. The lowest BCUT2D eigenvalue weighted by atomic mass is 10.2. The maximum Gasteiger partial charge on any atom is 0.224 e. The van der Waals surface area contributed by atoms with E-state index in [2.05, 4.69) is 10.3 Å². The van der Waals surface area contributed by atoms with Crippen LogP contribution in [-0.2, 0) is 11.2 Å². The molecule has 0 saturated heterocycles. The lowest BCUT2D eigenvalue weighted by Gasteiger charge is -2.04. The number of aryl methyl sites for hydroxylation is 1. The number of oxazole rings is 1. The molecule has 25 heavy (non-hydrogen) atoms. The Balaban J connectivity index is 1.61. The first-order chi connectivity index (χ1) is 12.0. The molecular formula is C18H13F3N2O2. The van der Waals surface area contributed by atoms with E-state index in [4.69, 9.17) is 4.42 Å². The van der Waals surface area contributed by atoms with Crippen LogP contribution in [0.1, 0.15) is 12.3 Å². The van der Waals surface area contributed by atoms with E-state index in [1.807, 2.05) is 0 Å². The van der Waals surface area contributed by atoms with Crippen LogP contribution in [0.3, 0.4) is 0 Å². The van der Waals surface area contributed by atoms with Gasteiger partial charge in [-0.3, -0.25) is 4.79 Å². The van der Waals surface area contributed by atoms with E-state index in [1.54, 1.807) is 6.07 Å². The number of benzene rings is 2. The third-order valence-corrected chi connectivity index (χ3v) is 3.42. The number of carbonyl (C=O) groups excluding carboxylic acids is 1. The number of nitrogens with zero attached hydrogens (tertiary/aromatic N) is 1. The van der Waals surface area contributed by atoms with Gasteiger partial charge in [0.25, 0.3) is 0 Å². The zero-order chi connectivity index (χ0) is 17.8. The quantitative estimate of drug-likeness (QED) is 0.748. The summed E-state index contributed by atoms with van der Waals surface area (Å²) in [5.41, 5.74) is 0.441. The SMILES string of the molecule is O=C(CCc1ncc(-c2ccc(F)cc2F)o1)Nc1cccc(F)c1. The third kappa shape index (κ3) is 4.26. The van der Waals surface area contributed by atoms with Crippen molar-refractivity contribution in [3.63, 3.8) is 0 Å². The summed E-state index contributed by atoms with van der Waals surface area (Å²) < 4.78 is 45.1. The van der Waals surface area contributed by atoms with Gasteiger partial charge in [-0.1, -0.05) is 6.07 Å². The Morgan fingerprint density at radius 1 is 1.08 bits per heavy atom. The van der Waals surface area contributed by atoms with E-state index in [0.717, 1.165) is 12.1 Å². The van der Waals surface area contributed by atoms with E-state index in [0.29, 0.717) is 5.69 Å². The van der Waals surface area contributed by atoms with Crippen molar-refractivity contribution in [3.05, 3.63) is 72.0 Å². The highest BCUT2D eigenvalue weighted by Gasteiger charge is 2.13. The Labute approximate surface area is 141 Å². The highest BCUT2D eigenvalue weighted by atomic mass is 19.1. The fraction of sp³-hybridized carbons (Fsp3) is 0.111. The van der Waals surface area contributed by atoms with Gasteiger partial charge in [-0.05, 0) is 30.3 Å². The van der Waals surface area contributed by atoms with Crippen molar-refractivity contribution in [2.45, 2.75) is 12.8 Å². The fourth-order valence-corrected chi connectivity index (χ4v) is 2.25. The zero-order valence-corrected chi connectivity index (χ0v) is 12.9. The summed E-state index contributed by atoms with van der Waals surface area (Å²) in [6, 6.07) is 8.67. The Hall–Kier alpha value is -3.09. The minimum absolute atomic E-state index is 0.0579. The summed E-state index contributed by atoms with van der Waals surface area (Å²) in [6.07, 6.45) is 1.56. The van der Waals surface area contributed by atoms with Gasteiger partial charge in [-0.15, -0.1) is 0 Å². The van der Waals surface area contributed by atoms with Gasteiger partial charge in [0.15, 0.2) is 11.7 Å². The smallest absolute Gasteiger partial charge is 0.224 e. The highest BCUT2D eigenvalue weighted by Crippen LogP contribution is 2.24. The van der Waals surface area contributed by atoms with Crippen LogP contribution in [0.5, 0.6) is 0 Å². The molecule has 0 fully saturated rings. The predicted octanol–water partition coefficient (Wildman–Crippen LogP) is 4.33. The van der Waals surface area contributed by atoms with Crippen molar-refractivity contribution in [3.8, 4) is 11.3 Å². The van der Waals surface area contributed by atoms with Crippen molar-refractivity contribution >= 4 is 11.6 Å². The molecule has 2 aromatic carbocycles. The minimum atomic E-state index is -0.758. The molecule has 0 saturated carbocycles. The summed E-state index contributed by atoms with van der Waals surface area (Å²) in [4.78, 5) is 15.8. The maximum atomic E-state index is 13.7. The Bertz CT molecular complexity index is 909. The molecule has 0 bridgehead atoms. The van der Waals surface area contributed by atoms with Gasteiger partial charge in [-0.25, -0.2) is 18.2 Å². The van der Waals surface area contributed by atoms with Gasteiger partial charge in [0.2, 0.25) is 5.91 Å². The molecule has 0 aliphatic carbocycles. The van der Waals surface area contributed by atoms with Crippen molar-refractivity contribution < 1.29 is 22.4 Å².